The molecule has 1 aromatic rings. The monoisotopic (exact) mass is 273 g/mol. The van der Waals surface area contributed by atoms with Crippen molar-refractivity contribution in [2.45, 2.75) is 26.5 Å². The summed E-state index contributed by atoms with van der Waals surface area (Å²) in [5.41, 5.74) is 0.408. The van der Waals surface area contributed by atoms with Crippen molar-refractivity contribution in [1.29, 1.82) is 0 Å². The molecule has 0 aliphatic rings. The number of carbonyl (C=O) groups is 1. The fourth-order valence-electron chi connectivity index (χ4n) is 1.54. The zero-order valence-corrected chi connectivity index (χ0v) is 11.0. The van der Waals surface area contributed by atoms with Gasteiger partial charge in [0.1, 0.15) is 5.75 Å². The number of esters is 1. The number of para-hydroxylation sites is 2. The summed E-state index contributed by atoms with van der Waals surface area (Å²) in [6, 6.07) is 6.05. The Kier molecular flexibility index (Phi) is 5.54. The summed E-state index contributed by atoms with van der Waals surface area (Å²) in [7, 11) is 1.30. The zero-order valence-electron chi connectivity index (χ0n) is 11.0. The average molecular weight is 273 g/mol. The van der Waals surface area contributed by atoms with Crippen LogP contribution in [-0.2, 0) is 9.53 Å². The lowest BCUT2D eigenvalue weighted by Crippen LogP contribution is -2.30. The maximum atomic E-state index is 12.3. The second-order valence-electron chi connectivity index (χ2n) is 4.12. The van der Waals surface area contributed by atoms with Gasteiger partial charge >= 0.3 is 12.6 Å². The summed E-state index contributed by atoms with van der Waals surface area (Å²) in [4.78, 5) is 11.4. The van der Waals surface area contributed by atoms with Crippen LogP contribution in [0.5, 0.6) is 5.75 Å². The van der Waals surface area contributed by atoms with Gasteiger partial charge in [0.2, 0.25) is 0 Å². The molecule has 0 aliphatic heterocycles. The summed E-state index contributed by atoms with van der Waals surface area (Å²) in [6.45, 7) is 0.567. The molecule has 4 nitrogen and oxygen atoms in total. The van der Waals surface area contributed by atoms with E-state index in [9.17, 15) is 13.6 Å². The lowest BCUT2D eigenvalue weighted by molar-refractivity contribution is -0.145. The van der Waals surface area contributed by atoms with E-state index in [-0.39, 0.29) is 17.8 Å². The van der Waals surface area contributed by atoms with Gasteiger partial charge in [0.15, 0.2) is 0 Å². The molecule has 0 aliphatic carbocycles. The van der Waals surface area contributed by atoms with Crippen molar-refractivity contribution in [1.82, 2.24) is 0 Å². The Labute approximate surface area is 110 Å². The highest BCUT2D eigenvalue weighted by Gasteiger charge is 2.21. The first-order chi connectivity index (χ1) is 8.95. The molecule has 1 rings (SSSR count). The van der Waals surface area contributed by atoms with E-state index >= 15 is 0 Å². The van der Waals surface area contributed by atoms with E-state index in [0.29, 0.717) is 5.69 Å². The molecule has 19 heavy (non-hydrogen) atoms. The smallest absolute Gasteiger partial charge is 0.387 e. The number of benzene rings is 1. The number of nitrogens with one attached hydrogen (secondary N) is 1. The van der Waals surface area contributed by atoms with Gasteiger partial charge in [-0.25, -0.2) is 0 Å². The number of ether oxygens (including phenoxy) is 2. The summed E-state index contributed by atoms with van der Waals surface area (Å²) in [5.74, 6) is -0.738. The average Bonchev–Trinajstić information content (AvgIpc) is 2.38. The number of rotatable bonds is 6. The van der Waals surface area contributed by atoms with Crippen LogP contribution in [0.25, 0.3) is 0 Å². The Bertz CT molecular complexity index is 426. The fraction of sp³-hybridized carbons (Fsp3) is 0.462. The van der Waals surface area contributed by atoms with Crippen LogP contribution in [0, 0.1) is 5.92 Å². The highest BCUT2D eigenvalue weighted by molar-refractivity contribution is 5.73. The summed E-state index contributed by atoms with van der Waals surface area (Å²) >= 11 is 0. The number of methoxy groups -OCH3 is 1. The summed E-state index contributed by atoms with van der Waals surface area (Å²) in [5, 5.41) is 2.97. The standard InChI is InChI=1S/C13H17F2NO3/c1-8(12(17)18-3)9(2)16-10-6-4-5-7-11(10)19-13(14)15/h4-9,13,16H,1-3H3. The molecule has 1 N–H and O–H groups in total. The van der Waals surface area contributed by atoms with Gasteiger partial charge < -0.3 is 14.8 Å². The van der Waals surface area contributed by atoms with E-state index in [1.165, 1.54) is 13.2 Å². The summed E-state index contributed by atoms with van der Waals surface area (Å²) < 4.78 is 33.5. The van der Waals surface area contributed by atoms with Crippen LogP contribution in [0.3, 0.4) is 0 Å². The number of carbonyl (C=O) groups excluding carboxylic acids is 1. The van der Waals surface area contributed by atoms with Gasteiger partial charge in [-0.2, -0.15) is 8.78 Å². The minimum atomic E-state index is -2.89. The van der Waals surface area contributed by atoms with Crippen molar-refractivity contribution in [2.75, 3.05) is 12.4 Å². The Morgan fingerprint density at radius 3 is 2.47 bits per heavy atom. The molecule has 2 atom stereocenters. The van der Waals surface area contributed by atoms with E-state index in [1.807, 2.05) is 0 Å². The predicted molar refractivity (Wildman–Crippen MR) is 67.3 cm³/mol. The molecule has 0 spiro atoms. The third-order valence-corrected chi connectivity index (χ3v) is 2.81. The van der Waals surface area contributed by atoms with Crippen LogP contribution < -0.4 is 10.1 Å². The van der Waals surface area contributed by atoms with Crippen LogP contribution in [0.2, 0.25) is 0 Å². The third kappa shape index (κ3) is 4.39. The molecule has 0 saturated heterocycles. The number of hydrogen-bond acceptors (Lipinski definition) is 4. The van der Waals surface area contributed by atoms with E-state index in [4.69, 9.17) is 0 Å². The van der Waals surface area contributed by atoms with Crippen LogP contribution in [-0.4, -0.2) is 25.7 Å². The highest BCUT2D eigenvalue weighted by Crippen LogP contribution is 2.27. The number of hydrogen-bond donors (Lipinski definition) is 1. The second kappa shape index (κ2) is 6.92. The maximum Gasteiger partial charge on any atom is 0.387 e. The molecular weight excluding hydrogens is 256 g/mol. The molecule has 0 saturated carbocycles. The minimum absolute atomic E-state index is 0.0430. The molecular formula is C13H17F2NO3. The van der Waals surface area contributed by atoms with Crippen molar-refractivity contribution >= 4 is 11.7 Å². The van der Waals surface area contributed by atoms with Crippen molar-refractivity contribution in [2.24, 2.45) is 5.92 Å². The molecule has 6 heteroatoms. The van der Waals surface area contributed by atoms with E-state index in [2.05, 4.69) is 14.8 Å². The Morgan fingerprint density at radius 2 is 1.89 bits per heavy atom. The quantitative estimate of drug-likeness (QED) is 0.810. The van der Waals surface area contributed by atoms with Gasteiger partial charge in [-0.3, -0.25) is 4.79 Å². The molecule has 0 radical (unpaired) electrons. The van der Waals surface area contributed by atoms with E-state index in [1.54, 1.807) is 32.0 Å². The van der Waals surface area contributed by atoms with Crippen LogP contribution in [0.1, 0.15) is 13.8 Å². The van der Waals surface area contributed by atoms with Gasteiger partial charge in [-0.15, -0.1) is 0 Å². The van der Waals surface area contributed by atoms with Crippen LogP contribution in [0.4, 0.5) is 14.5 Å². The highest BCUT2D eigenvalue weighted by atomic mass is 19.3. The normalized spacial score (nSPS) is 13.8. The van der Waals surface area contributed by atoms with E-state index in [0.717, 1.165) is 0 Å². The SMILES string of the molecule is COC(=O)C(C)C(C)Nc1ccccc1OC(F)F. The van der Waals surface area contributed by atoms with Gasteiger partial charge in [0.05, 0.1) is 18.7 Å². The molecule has 2 unspecified atom stereocenters. The number of halogens is 2. The third-order valence-electron chi connectivity index (χ3n) is 2.81. The number of alkyl halides is 2. The molecule has 1 aromatic carbocycles. The molecule has 0 bridgehead atoms. The molecule has 0 amide bonds. The predicted octanol–water partition coefficient (Wildman–Crippen LogP) is 2.90. The molecule has 106 valence electrons. The van der Waals surface area contributed by atoms with E-state index < -0.39 is 12.5 Å². The minimum Gasteiger partial charge on any atom is -0.469 e. The molecule has 0 heterocycles. The maximum absolute atomic E-state index is 12.3. The van der Waals surface area contributed by atoms with Gasteiger partial charge in [0.25, 0.3) is 0 Å². The zero-order chi connectivity index (χ0) is 14.4. The Hall–Kier alpha value is -1.85. The Morgan fingerprint density at radius 1 is 1.26 bits per heavy atom. The lowest BCUT2D eigenvalue weighted by atomic mass is 10.0. The van der Waals surface area contributed by atoms with Gasteiger partial charge in [-0.1, -0.05) is 12.1 Å². The fourth-order valence-corrected chi connectivity index (χ4v) is 1.54. The topological polar surface area (TPSA) is 47.6 Å². The summed E-state index contributed by atoms with van der Waals surface area (Å²) in [6.07, 6.45) is 0. The molecule has 0 fully saturated rings. The van der Waals surface area contributed by atoms with Crippen LogP contribution in [0.15, 0.2) is 24.3 Å². The number of anilines is 1. The van der Waals surface area contributed by atoms with Crippen molar-refractivity contribution in [3.8, 4) is 5.75 Å². The lowest BCUT2D eigenvalue weighted by Gasteiger charge is -2.21. The van der Waals surface area contributed by atoms with Gasteiger partial charge in [0, 0.05) is 6.04 Å². The Balaban J connectivity index is 2.78. The van der Waals surface area contributed by atoms with Crippen LogP contribution >= 0.6 is 0 Å². The first kappa shape index (κ1) is 15.2. The van der Waals surface area contributed by atoms with Gasteiger partial charge in [-0.05, 0) is 26.0 Å². The first-order valence-corrected chi connectivity index (χ1v) is 5.84. The second-order valence-corrected chi connectivity index (χ2v) is 4.12. The molecule has 0 aromatic heterocycles. The van der Waals surface area contributed by atoms with Crippen molar-refractivity contribution in [3.05, 3.63) is 24.3 Å². The van der Waals surface area contributed by atoms with Crippen molar-refractivity contribution in [3.63, 3.8) is 0 Å². The first-order valence-electron chi connectivity index (χ1n) is 5.84. The van der Waals surface area contributed by atoms with Crippen molar-refractivity contribution < 1.29 is 23.0 Å². The largest absolute Gasteiger partial charge is 0.469 e.